The van der Waals surface area contributed by atoms with Gasteiger partial charge >= 0.3 is 6.36 Å². The van der Waals surface area contributed by atoms with E-state index < -0.39 is 6.36 Å². The van der Waals surface area contributed by atoms with Gasteiger partial charge in [0.05, 0.1) is 0 Å². The molecule has 1 aromatic rings. The van der Waals surface area contributed by atoms with E-state index >= 15 is 0 Å². The number of alkyl halides is 3. The molecule has 1 atom stereocenters. The summed E-state index contributed by atoms with van der Waals surface area (Å²) in [4.78, 5) is 4.45. The molecule has 0 bridgehead atoms. The molecule has 26 heavy (non-hydrogen) atoms. The van der Waals surface area contributed by atoms with Crippen LogP contribution in [0.15, 0.2) is 29.3 Å². The van der Waals surface area contributed by atoms with Crippen LogP contribution in [0.5, 0.6) is 5.75 Å². The van der Waals surface area contributed by atoms with Gasteiger partial charge in [0.1, 0.15) is 5.75 Å². The molecular formula is C17H27F3IN3O2. The van der Waals surface area contributed by atoms with Crippen LogP contribution in [-0.4, -0.2) is 43.2 Å². The Balaban J connectivity index is 0.00000625. The second kappa shape index (κ2) is 12.2. The van der Waals surface area contributed by atoms with Crippen LogP contribution in [0, 0.1) is 5.92 Å². The molecule has 1 unspecified atom stereocenters. The highest BCUT2D eigenvalue weighted by Gasteiger charge is 2.30. The maximum Gasteiger partial charge on any atom is 0.573 e. The molecule has 0 saturated carbocycles. The lowest BCUT2D eigenvalue weighted by atomic mass is 10.0. The van der Waals surface area contributed by atoms with E-state index in [4.69, 9.17) is 0 Å². The van der Waals surface area contributed by atoms with Gasteiger partial charge < -0.3 is 20.5 Å². The van der Waals surface area contributed by atoms with Crippen molar-refractivity contribution in [3.63, 3.8) is 0 Å². The zero-order chi connectivity index (χ0) is 18.9. The summed E-state index contributed by atoms with van der Waals surface area (Å²) in [5.41, 5.74) is 0.811. The molecule has 0 spiro atoms. The molecule has 1 rings (SSSR count). The van der Waals surface area contributed by atoms with Gasteiger partial charge in [-0.05, 0) is 44.9 Å². The summed E-state index contributed by atoms with van der Waals surface area (Å²) in [6, 6.07) is 5.89. The molecule has 0 saturated heterocycles. The normalized spacial score (nSPS) is 13.2. The van der Waals surface area contributed by atoms with Crippen LogP contribution in [0.3, 0.4) is 0 Å². The number of rotatable bonds is 8. The van der Waals surface area contributed by atoms with Crippen LogP contribution in [0.1, 0.15) is 26.3 Å². The number of nitrogens with zero attached hydrogens (tertiary/aromatic N) is 1. The van der Waals surface area contributed by atoms with Gasteiger partial charge in [0, 0.05) is 31.7 Å². The molecule has 0 aliphatic carbocycles. The van der Waals surface area contributed by atoms with E-state index in [0.29, 0.717) is 18.9 Å². The first-order chi connectivity index (χ1) is 11.7. The summed E-state index contributed by atoms with van der Waals surface area (Å²) in [7, 11) is 0. The second-order valence-electron chi connectivity index (χ2n) is 5.96. The van der Waals surface area contributed by atoms with Crippen LogP contribution in [0.2, 0.25) is 0 Å². The molecular weight excluding hydrogens is 462 g/mol. The number of hydrogen-bond acceptors (Lipinski definition) is 3. The minimum atomic E-state index is -4.70. The van der Waals surface area contributed by atoms with Crippen molar-refractivity contribution in [2.45, 2.75) is 39.6 Å². The van der Waals surface area contributed by atoms with Crippen LogP contribution in [0.25, 0.3) is 0 Å². The summed E-state index contributed by atoms with van der Waals surface area (Å²) in [6.45, 7) is 7.03. The topological polar surface area (TPSA) is 65.9 Å². The molecule has 0 aromatic heterocycles. The molecule has 0 heterocycles. The Labute approximate surface area is 169 Å². The van der Waals surface area contributed by atoms with Crippen LogP contribution < -0.4 is 15.4 Å². The lowest BCUT2D eigenvalue weighted by molar-refractivity contribution is -0.274. The van der Waals surface area contributed by atoms with Gasteiger partial charge in [0.15, 0.2) is 5.96 Å². The SMILES string of the molecule is CCNC(=NCC(CO)Cc1ccc(OC(F)(F)F)cc1)NC(C)C.I. The third-order valence-corrected chi connectivity index (χ3v) is 3.22. The fourth-order valence-corrected chi connectivity index (χ4v) is 2.16. The number of aliphatic hydroxyl groups is 1. The van der Waals surface area contributed by atoms with Gasteiger partial charge in [-0.2, -0.15) is 0 Å². The van der Waals surface area contributed by atoms with Crippen molar-refractivity contribution in [1.29, 1.82) is 0 Å². The van der Waals surface area contributed by atoms with Gasteiger partial charge in [-0.15, -0.1) is 37.1 Å². The first-order valence-corrected chi connectivity index (χ1v) is 8.23. The molecule has 150 valence electrons. The zero-order valence-electron chi connectivity index (χ0n) is 15.1. The maximum absolute atomic E-state index is 12.2. The lowest BCUT2D eigenvalue weighted by Gasteiger charge is -2.17. The quantitative estimate of drug-likeness (QED) is 0.298. The molecule has 0 radical (unpaired) electrons. The highest BCUT2D eigenvalue weighted by molar-refractivity contribution is 14.0. The Morgan fingerprint density at radius 3 is 2.31 bits per heavy atom. The van der Waals surface area contributed by atoms with E-state index in [2.05, 4.69) is 20.4 Å². The summed E-state index contributed by atoms with van der Waals surface area (Å²) >= 11 is 0. The number of halogens is 4. The van der Waals surface area contributed by atoms with E-state index in [1.807, 2.05) is 20.8 Å². The number of benzene rings is 1. The largest absolute Gasteiger partial charge is 0.573 e. The number of aliphatic hydroxyl groups excluding tert-OH is 1. The Kier molecular flexibility index (Phi) is 11.6. The van der Waals surface area contributed by atoms with Gasteiger partial charge in [-0.25, -0.2) is 0 Å². The van der Waals surface area contributed by atoms with E-state index in [-0.39, 0.29) is 48.3 Å². The standard InChI is InChI=1S/C17H26F3N3O2.HI/c1-4-21-16(23-12(2)3)22-10-14(11-24)9-13-5-7-15(8-6-13)25-17(18,19)20;/h5-8,12,14,24H,4,9-11H2,1-3H3,(H2,21,22,23);1H. The Morgan fingerprint density at radius 1 is 1.23 bits per heavy atom. The highest BCUT2D eigenvalue weighted by Crippen LogP contribution is 2.23. The molecule has 9 heteroatoms. The maximum atomic E-state index is 12.2. The monoisotopic (exact) mass is 489 g/mol. The van der Waals surface area contributed by atoms with Gasteiger partial charge in [0.25, 0.3) is 0 Å². The van der Waals surface area contributed by atoms with E-state index in [1.165, 1.54) is 12.1 Å². The third-order valence-electron chi connectivity index (χ3n) is 3.22. The van der Waals surface area contributed by atoms with Gasteiger partial charge in [-0.3, -0.25) is 4.99 Å². The van der Waals surface area contributed by atoms with Crippen molar-refractivity contribution in [2.75, 3.05) is 19.7 Å². The van der Waals surface area contributed by atoms with Gasteiger partial charge in [0.2, 0.25) is 0 Å². The zero-order valence-corrected chi connectivity index (χ0v) is 17.5. The predicted molar refractivity (Wildman–Crippen MR) is 107 cm³/mol. The molecule has 0 aliphatic rings. The minimum Gasteiger partial charge on any atom is -0.406 e. The first kappa shape index (κ1) is 24.8. The average molecular weight is 489 g/mol. The van der Waals surface area contributed by atoms with Crippen molar-refractivity contribution >= 4 is 29.9 Å². The molecule has 5 nitrogen and oxygen atoms in total. The predicted octanol–water partition coefficient (Wildman–Crippen LogP) is 3.32. The smallest absolute Gasteiger partial charge is 0.406 e. The van der Waals surface area contributed by atoms with Crippen molar-refractivity contribution < 1.29 is 23.0 Å². The number of ether oxygens (including phenoxy) is 1. The Hall–Kier alpha value is -1.23. The number of hydrogen-bond donors (Lipinski definition) is 3. The Bertz CT molecular complexity index is 537. The van der Waals surface area contributed by atoms with Crippen LogP contribution >= 0.6 is 24.0 Å². The summed E-state index contributed by atoms with van der Waals surface area (Å²) in [5.74, 6) is 0.285. The summed E-state index contributed by atoms with van der Waals surface area (Å²) in [6.07, 6.45) is -4.19. The Morgan fingerprint density at radius 2 is 1.85 bits per heavy atom. The summed E-state index contributed by atoms with van der Waals surface area (Å²) in [5, 5.41) is 15.8. The molecule has 3 N–H and O–H groups in total. The minimum absolute atomic E-state index is 0. The van der Waals surface area contributed by atoms with Gasteiger partial charge in [-0.1, -0.05) is 12.1 Å². The number of nitrogens with one attached hydrogen (secondary N) is 2. The number of guanidine groups is 1. The molecule has 0 fully saturated rings. The fraction of sp³-hybridized carbons (Fsp3) is 0.588. The lowest BCUT2D eigenvalue weighted by Crippen LogP contribution is -2.41. The van der Waals surface area contributed by atoms with Crippen LogP contribution in [0.4, 0.5) is 13.2 Å². The van der Waals surface area contributed by atoms with Crippen molar-refractivity contribution in [1.82, 2.24) is 10.6 Å². The van der Waals surface area contributed by atoms with Crippen molar-refractivity contribution in [2.24, 2.45) is 10.9 Å². The highest BCUT2D eigenvalue weighted by atomic mass is 127. The fourth-order valence-electron chi connectivity index (χ4n) is 2.16. The van der Waals surface area contributed by atoms with Crippen LogP contribution in [-0.2, 0) is 6.42 Å². The molecule has 0 amide bonds. The van der Waals surface area contributed by atoms with Crippen molar-refractivity contribution in [3.05, 3.63) is 29.8 Å². The third kappa shape index (κ3) is 10.7. The second-order valence-corrected chi connectivity index (χ2v) is 5.96. The average Bonchev–Trinajstić information content (AvgIpc) is 2.51. The van der Waals surface area contributed by atoms with Crippen molar-refractivity contribution in [3.8, 4) is 5.75 Å². The molecule has 1 aromatic carbocycles. The first-order valence-electron chi connectivity index (χ1n) is 8.23. The van der Waals surface area contributed by atoms with E-state index in [9.17, 15) is 18.3 Å². The van der Waals surface area contributed by atoms with E-state index in [1.54, 1.807) is 12.1 Å². The summed E-state index contributed by atoms with van der Waals surface area (Å²) < 4.78 is 40.3. The number of aliphatic imine (C=N–C) groups is 1. The van der Waals surface area contributed by atoms with E-state index in [0.717, 1.165) is 12.1 Å². The molecule has 0 aliphatic heterocycles.